The first kappa shape index (κ1) is 12.1. The molecule has 0 aliphatic rings. The summed E-state index contributed by atoms with van der Waals surface area (Å²) in [6.07, 6.45) is 1.11. The summed E-state index contributed by atoms with van der Waals surface area (Å²) < 4.78 is 0. The second kappa shape index (κ2) is 5.76. The second-order valence-corrected chi connectivity index (χ2v) is 4.26. The molecule has 0 aliphatic carbocycles. The summed E-state index contributed by atoms with van der Waals surface area (Å²) >= 11 is 0. The Bertz CT molecular complexity index is 296. The Hall–Kier alpha value is -1.02. The monoisotopic (exact) mass is 207 g/mol. The molecule has 1 unspecified atom stereocenters. The fraction of sp³-hybridized carbons (Fsp3) is 0.538. The van der Waals surface area contributed by atoms with Gasteiger partial charge in [0.05, 0.1) is 6.61 Å². The number of hydrogen-bond acceptors (Lipinski definition) is 2. The van der Waals surface area contributed by atoms with E-state index >= 15 is 0 Å². The first-order valence-corrected chi connectivity index (χ1v) is 5.63. The van der Waals surface area contributed by atoms with Crippen LogP contribution in [0.5, 0.6) is 0 Å². The van der Waals surface area contributed by atoms with Crippen LogP contribution in [0.1, 0.15) is 32.8 Å². The first-order chi connectivity index (χ1) is 7.17. The maximum atomic E-state index is 9.03. The summed E-state index contributed by atoms with van der Waals surface area (Å²) in [5.41, 5.74) is 2.06. The number of rotatable bonds is 5. The summed E-state index contributed by atoms with van der Waals surface area (Å²) in [4.78, 5) is 0. The zero-order valence-corrected chi connectivity index (χ0v) is 9.83. The molecule has 0 saturated carbocycles. The SMILES string of the molecule is CCC(Nc1cccc(CO)c1)C(C)C. The van der Waals surface area contributed by atoms with Crippen LogP contribution in [-0.4, -0.2) is 11.1 Å². The van der Waals surface area contributed by atoms with Gasteiger partial charge in [0.25, 0.3) is 0 Å². The molecule has 2 nitrogen and oxygen atoms in total. The van der Waals surface area contributed by atoms with Crippen LogP contribution in [0.4, 0.5) is 5.69 Å². The minimum atomic E-state index is 0.105. The minimum absolute atomic E-state index is 0.105. The third kappa shape index (κ3) is 3.56. The minimum Gasteiger partial charge on any atom is -0.392 e. The summed E-state index contributed by atoms with van der Waals surface area (Å²) in [5.74, 6) is 0.618. The Morgan fingerprint density at radius 1 is 1.33 bits per heavy atom. The highest BCUT2D eigenvalue weighted by Crippen LogP contribution is 2.16. The van der Waals surface area contributed by atoms with Crippen LogP contribution in [-0.2, 0) is 6.61 Å². The summed E-state index contributed by atoms with van der Waals surface area (Å²) in [5, 5.41) is 12.5. The van der Waals surface area contributed by atoms with E-state index in [4.69, 9.17) is 5.11 Å². The van der Waals surface area contributed by atoms with E-state index in [1.54, 1.807) is 0 Å². The van der Waals surface area contributed by atoms with Crippen LogP contribution in [0, 0.1) is 5.92 Å². The van der Waals surface area contributed by atoms with E-state index < -0.39 is 0 Å². The number of nitrogens with one attached hydrogen (secondary N) is 1. The van der Waals surface area contributed by atoms with Gasteiger partial charge in [0.15, 0.2) is 0 Å². The van der Waals surface area contributed by atoms with Crippen molar-refractivity contribution in [2.45, 2.75) is 39.8 Å². The standard InChI is InChI=1S/C13H21NO/c1-4-13(10(2)3)14-12-7-5-6-11(8-12)9-15/h5-8,10,13-15H,4,9H2,1-3H3. The summed E-state index contributed by atoms with van der Waals surface area (Å²) in [6.45, 7) is 6.73. The number of hydrogen-bond donors (Lipinski definition) is 2. The molecule has 1 aromatic rings. The number of anilines is 1. The largest absolute Gasteiger partial charge is 0.392 e. The molecule has 1 aromatic carbocycles. The van der Waals surface area contributed by atoms with Gasteiger partial charge in [-0.25, -0.2) is 0 Å². The predicted molar refractivity (Wildman–Crippen MR) is 64.9 cm³/mol. The molecule has 0 fully saturated rings. The van der Waals surface area contributed by atoms with E-state index in [1.165, 1.54) is 0 Å². The van der Waals surface area contributed by atoms with E-state index in [0.717, 1.165) is 17.7 Å². The summed E-state index contributed by atoms with van der Waals surface area (Å²) in [7, 11) is 0. The lowest BCUT2D eigenvalue weighted by Gasteiger charge is -2.22. The van der Waals surface area contributed by atoms with Gasteiger partial charge >= 0.3 is 0 Å². The van der Waals surface area contributed by atoms with Gasteiger partial charge in [-0.1, -0.05) is 32.9 Å². The van der Waals surface area contributed by atoms with E-state index in [1.807, 2.05) is 24.3 Å². The molecule has 0 bridgehead atoms. The molecule has 0 aliphatic heterocycles. The molecule has 0 aromatic heterocycles. The van der Waals surface area contributed by atoms with Gasteiger partial charge in [0.2, 0.25) is 0 Å². The van der Waals surface area contributed by atoms with E-state index in [2.05, 4.69) is 26.1 Å². The zero-order valence-electron chi connectivity index (χ0n) is 9.83. The quantitative estimate of drug-likeness (QED) is 0.778. The van der Waals surface area contributed by atoms with Gasteiger partial charge in [-0.2, -0.15) is 0 Å². The number of aliphatic hydroxyl groups is 1. The van der Waals surface area contributed by atoms with E-state index in [-0.39, 0.29) is 6.61 Å². The molecule has 1 rings (SSSR count). The van der Waals surface area contributed by atoms with Crippen molar-refractivity contribution in [3.05, 3.63) is 29.8 Å². The van der Waals surface area contributed by atoms with Crippen LogP contribution in [0.3, 0.4) is 0 Å². The van der Waals surface area contributed by atoms with E-state index in [0.29, 0.717) is 12.0 Å². The third-order valence-corrected chi connectivity index (χ3v) is 2.71. The molecular weight excluding hydrogens is 186 g/mol. The highest BCUT2D eigenvalue weighted by atomic mass is 16.3. The van der Waals surface area contributed by atoms with Gasteiger partial charge in [-0.05, 0) is 30.0 Å². The maximum absolute atomic E-state index is 9.03. The molecule has 2 heteroatoms. The Kier molecular flexibility index (Phi) is 4.63. The van der Waals surface area contributed by atoms with Gasteiger partial charge in [0.1, 0.15) is 0 Å². The number of benzene rings is 1. The molecule has 84 valence electrons. The third-order valence-electron chi connectivity index (χ3n) is 2.71. The van der Waals surface area contributed by atoms with Crippen LogP contribution in [0.25, 0.3) is 0 Å². The lowest BCUT2D eigenvalue weighted by molar-refractivity contribution is 0.282. The molecule has 0 radical (unpaired) electrons. The Morgan fingerprint density at radius 3 is 2.60 bits per heavy atom. The fourth-order valence-electron chi connectivity index (χ4n) is 1.71. The predicted octanol–water partition coefficient (Wildman–Crippen LogP) is 3.03. The molecule has 15 heavy (non-hydrogen) atoms. The van der Waals surface area contributed by atoms with Gasteiger partial charge in [0, 0.05) is 11.7 Å². The van der Waals surface area contributed by atoms with Gasteiger partial charge in [-0.15, -0.1) is 0 Å². The lowest BCUT2D eigenvalue weighted by atomic mass is 10.0. The number of aliphatic hydroxyl groups excluding tert-OH is 1. The van der Waals surface area contributed by atoms with Crippen molar-refractivity contribution < 1.29 is 5.11 Å². The van der Waals surface area contributed by atoms with Crippen molar-refractivity contribution in [2.75, 3.05) is 5.32 Å². The maximum Gasteiger partial charge on any atom is 0.0682 e. The van der Waals surface area contributed by atoms with Crippen LogP contribution in [0.15, 0.2) is 24.3 Å². The molecule has 0 spiro atoms. The van der Waals surface area contributed by atoms with Crippen LogP contribution in [0.2, 0.25) is 0 Å². The van der Waals surface area contributed by atoms with Crippen LogP contribution >= 0.6 is 0 Å². The van der Waals surface area contributed by atoms with Crippen LogP contribution < -0.4 is 5.32 Å². The highest BCUT2D eigenvalue weighted by Gasteiger charge is 2.10. The van der Waals surface area contributed by atoms with E-state index in [9.17, 15) is 0 Å². The van der Waals surface area contributed by atoms with Gasteiger partial charge in [-0.3, -0.25) is 0 Å². The molecule has 0 heterocycles. The molecular formula is C13H21NO. The Morgan fingerprint density at radius 2 is 2.07 bits per heavy atom. The average molecular weight is 207 g/mol. The highest BCUT2D eigenvalue weighted by molar-refractivity contribution is 5.46. The average Bonchev–Trinajstić information content (AvgIpc) is 2.25. The van der Waals surface area contributed by atoms with Crippen molar-refractivity contribution in [3.8, 4) is 0 Å². The van der Waals surface area contributed by atoms with Crippen molar-refractivity contribution in [1.29, 1.82) is 0 Å². The topological polar surface area (TPSA) is 32.3 Å². The Balaban J connectivity index is 2.70. The smallest absolute Gasteiger partial charge is 0.0682 e. The first-order valence-electron chi connectivity index (χ1n) is 5.63. The molecule has 1 atom stereocenters. The Labute approximate surface area is 92.3 Å². The van der Waals surface area contributed by atoms with Crippen molar-refractivity contribution in [3.63, 3.8) is 0 Å². The van der Waals surface area contributed by atoms with Gasteiger partial charge < -0.3 is 10.4 Å². The van der Waals surface area contributed by atoms with Crippen molar-refractivity contribution in [2.24, 2.45) is 5.92 Å². The fourth-order valence-corrected chi connectivity index (χ4v) is 1.71. The molecule has 2 N–H and O–H groups in total. The second-order valence-electron chi connectivity index (χ2n) is 4.26. The zero-order chi connectivity index (χ0) is 11.3. The molecule has 0 amide bonds. The van der Waals surface area contributed by atoms with Crippen molar-refractivity contribution >= 4 is 5.69 Å². The van der Waals surface area contributed by atoms with Crippen molar-refractivity contribution in [1.82, 2.24) is 0 Å². The lowest BCUT2D eigenvalue weighted by Crippen LogP contribution is -2.24. The molecule has 0 saturated heterocycles. The normalized spacial score (nSPS) is 12.9. The summed E-state index contributed by atoms with van der Waals surface area (Å²) in [6, 6.07) is 8.46.